The molecule has 1 aliphatic rings. The van der Waals surface area contributed by atoms with E-state index >= 15 is 0 Å². The van der Waals surface area contributed by atoms with Crippen LogP contribution in [0.3, 0.4) is 0 Å². The van der Waals surface area contributed by atoms with E-state index in [1.165, 1.54) is 0 Å². The quantitative estimate of drug-likeness (QED) is 0.700. The fourth-order valence-electron chi connectivity index (χ4n) is 3.72. The second kappa shape index (κ2) is 8.25. The van der Waals surface area contributed by atoms with Crippen molar-refractivity contribution in [3.05, 3.63) is 59.9 Å². The average Bonchev–Trinajstić information content (AvgIpc) is 2.74. The van der Waals surface area contributed by atoms with Gasteiger partial charge in [0, 0.05) is 41.2 Å². The maximum atomic E-state index is 10.3. The van der Waals surface area contributed by atoms with E-state index in [9.17, 15) is 5.11 Å². The molecule has 0 amide bonds. The van der Waals surface area contributed by atoms with Gasteiger partial charge in [0.15, 0.2) is 5.82 Å². The first-order chi connectivity index (χ1) is 13.6. The number of aliphatic hydroxyl groups excluding tert-OH is 1. The molecule has 6 heteroatoms. The first kappa shape index (κ1) is 18.8. The van der Waals surface area contributed by atoms with E-state index in [4.69, 9.17) is 21.6 Å². The summed E-state index contributed by atoms with van der Waals surface area (Å²) in [6.45, 7) is 2.73. The van der Waals surface area contributed by atoms with Crippen molar-refractivity contribution in [2.45, 2.75) is 38.3 Å². The highest BCUT2D eigenvalue weighted by atomic mass is 35.5. The van der Waals surface area contributed by atoms with Crippen LogP contribution in [0.25, 0.3) is 22.6 Å². The van der Waals surface area contributed by atoms with Gasteiger partial charge in [-0.2, -0.15) is 0 Å². The molecule has 0 saturated carbocycles. The molecule has 1 aromatic carbocycles. The van der Waals surface area contributed by atoms with Crippen LogP contribution >= 0.6 is 11.6 Å². The summed E-state index contributed by atoms with van der Waals surface area (Å²) in [6, 6.07) is 13.6. The number of nitrogens with zero attached hydrogens (tertiary/aromatic N) is 4. The van der Waals surface area contributed by atoms with Gasteiger partial charge in [0.1, 0.15) is 5.82 Å². The van der Waals surface area contributed by atoms with Crippen molar-refractivity contribution in [1.29, 1.82) is 0 Å². The molecule has 0 spiro atoms. The van der Waals surface area contributed by atoms with Gasteiger partial charge in [-0.15, -0.1) is 0 Å². The molecule has 0 aliphatic carbocycles. The molecule has 1 aliphatic heterocycles. The first-order valence-electron chi connectivity index (χ1n) is 9.62. The van der Waals surface area contributed by atoms with Gasteiger partial charge in [-0.1, -0.05) is 23.7 Å². The molecule has 2 aromatic heterocycles. The Bertz CT molecular complexity index is 931. The van der Waals surface area contributed by atoms with Crippen LogP contribution in [-0.2, 0) is 0 Å². The first-order valence-corrected chi connectivity index (χ1v) is 10.00. The van der Waals surface area contributed by atoms with Gasteiger partial charge < -0.3 is 10.0 Å². The van der Waals surface area contributed by atoms with Gasteiger partial charge >= 0.3 is 0 Å². The zero-order chi connectivity index (χ0) is 19.5. The Morgan fingerprint density at radius 1 is 1.11 bits per heavy atom. The highest BCUT2D eigenvalue weighted by Crippen LogP contribution is 2.31. The number of aromatic nitrogens is 3. The van der Waals surface area contributed by atoms with Crippen LogP contribution < -0.4 is 4.90 Å². The Morgan fingerprint density at radius 3 is 2.64 bits per heavy atom. The molecule has 2 unspecified atom stereocenters. The molecule has 0 bridgehead atoms. The maximum absolute atomic E-state index is 10.3. The van der Waals surface area contributed by atoms with E-state index < -0.39 is 6.10 Å². The summed E-state index contributed by atoms with van der Waals surface area (Å²) in [4.78, 5) is 16.1. The molecule has 3 heterocycles. The van der Waals surface area contributed by atoms with Crippen LogP contribution in [0.4, 0.5) is 5.82 Å². The third-order valence-corrected chi connectivity index (χ3v) is 5.42. The minimum Gasteiger partial charge on any atom is -0.391 e. The van der Waals surface area contributed by atoms with E-state index in [-0.39, 0.29) is 6.04 Å². The minimum absolute atomic E-state index is 0.0588. The SMILES string of the molecule is CC(O)C1CCCCN1c1cc(-c2ccc(Cl)cc2)nc(-c2cccnc2)n1. The molecular weight excluding hydrogens is 372 g/mol. The number of piperidine rings is 1. The molecule has 0 radical (unpaired) electrons. The van der Waals surface area contributed by atoms with Gasteiger partial charge in [-0.25, -0.2) is 9.97 Å². The standard InChI is InChI=1S/C22H23ClN4O/c1-15(28)20-6-2-3-12-27(20)21-13-19(16-7-9-18(23)10-8-16)25-22(26-21)17-5-4-11-24-14-17/h4-5,7-11,13-15,20,28H,2-3,6,12H2,1H3. The summed E-state index contributed by atoms with van der Waals surface area (Å²) in [7, 11) is 0. The third kappa shape index (κ3) is 4.01. The van der Waals surface area contributed by atoms with Crippen molar-refractivity contribution in [2.75, 3.05) is 11.4 Å². The Labute approximate surface area is 170 Å². The number of benzene rings is 1. The Morgan fingerprint density at radius 2 is 1.93 bits per heavy atom. The Hall–Kier alpha value is -2.50. The molecule has 3 aromatic rings. The summed E-state index contributed by atoms with van der Waals surface area (Å²) in [5.74, 6) is 1.47. The number of hydrogen-bond acceptors (Lipinski definition) is 5. The predicted octanol–water partition coefficient (Wildman–Crippen LogP) is 4.60. The Balaban J connectivity index is 1.83. The summed E-state index contributed by atoms with van der Waals surface area (Å²) >= 11 is 6.06. The number of rotatable bonds is 4. The average molecular weight is 395 g/mol. The van der Waals surface area contributed by atoms with Crippen molar-refractivity contribution in [3.63, 3.8) is 0 Å². The lowest BCUT2D eigenvalue weighted by molar-refractivity contribution is 0.145. The van der Waals surface area contributed by atoms with E-state index in [2.05, 4.69) is 9.88 Å². The van der Waals surface area contributed by atoms with Crippen molar-refractivity contribution < 1.29 is 5.11 Å². The summed E-state index contributed by atoms with van der Waals surface area (Å²) < 4.78 is 0. The molecule has 144 valence electrons. The van der Waals surface area contributed by atoms with Crippen LogP contribution in [0.1, 0.15) is 26.2 Å². The number of anilines is 1. The van der Waals surface area contributed by atoms with Crippen molar-refractivity contribution >= 4 is 17.4 Å². The molecule has 4 rings (SSSR count). The maximum Gasteiger partial charge on any atom is 0.163 e. The fourth-order valence-corrected chi connectivity index (χ4v) is 3.84. The van der Waals surface area contributed by atoms with Gasteiger partial charge in [0.25, 0.3) is 0 Å². The number of pyridine rings is 1. The monoisotopic (exact) mass is 394 g/mol. The lowest BCUT2D eigenvalue weighted by Crippen LogP contribution is -2.46. The predicted molar refractivity (Wildman–Crippen MR) is 112 cm³/mol. The van der Waals surface area contributed by atoms with E-state index in [0.29, 0.717) is 10.8 Å². The van der Waals surface area contributed by atoms with Crippen molar-refractivity contribution in [1.82, 2.24) is 15.0 Å². The number of halogens is 1. The van der Waals surface area contributed by atoms with Crippen LogP contribution in [0.2, 0.25) is 5.02 Å². The molecule has 1 fully saturated rings. The van der Waals surface area contributed by atoms with Gasteiger partial charge in [-0.3, -0.25) is 4.98 Å². The largest absolute Gasteiger partial charge is 0.391 e. The van der Waals surface area contributed by atoms with Crippen LogP contribution in [0, 0.1) is 0 Å². The highest BCUT2D eigenvalue weighted by molar-refractivity contribution is 6.30. The summed E-state index contributed by atoms with van der Waals surface area (Å²) in [5, 5.41) is 11.0. The molecular formula is C22H23ClN4O. The van der Waals surface area contributed by atoms with Crippen LogP contribution in [0.5, 0.6) is 0 Å². The summed E-state index contributed by atoms with van der Waals surface area (Å²) in [5.41, 5.74) is 2.67. The van der Waals surface area contributed by atoms with Gasteiger partial charge in [0.05, 0.1) is 17.8 Å². The molecule has 1 saturated heterocycles. The van der Waals surface area contributed by atoms with E-state index in [0.717, 1.165) is 48.4 Å². The fraction of sp³-hybridized carbons (Fsp3) is 0.318. The zero-order valence-corrected chi connectivity index (χ0v) is 16.5. The number of aliphatic hydroxyl groups is 1. The van der Waals surface area contributed by atoms with Crippen molar-refractivity contribution in [3.8, 4) is 22.6 Å². The van der Waals surface area contributed by atoms with Crippen LogP contribution in [0.15, 0.2) is 54.9 Å². The Kier molecular flexibility index (Phi) is 5.55. The molecule has 1 N–H and O–H groups in total. The second-order valence-corrected chi connectivity index (χ2v) is 7.62. The van der Waals surface area contributed by atoms with E-state index in [1.807, 2.05) is 49.4 Å². The lowest BCUT2D eigenvalue weighted by Gasteiger charge is -2.38. The topological polar surface area (TPSA) is 62.1 Å². The lowest BCUT2D eigenvalue weighted by atomic mass is 9.98. The zero-order valence-electron chi connectivity index (χ0n) is 15.8. The van der Waals surface area contributed by atoms with Gasteiger partial charge in [0.2, 0.25) is 0 Å². The number of hydrogen-bond donors (Lipinski definition) is 1. The van der Waals surface area contributed by atoms with Gasteiger partial charge in [-0.05, 0) is 50.5 Å². The summed E-state index contributed by atoms with van der Waals surface area (Å²) in [6.07, 6.45) is 6.26. The molecule has 28 heavy (non-hydrogen) atoms. The normalized spacial score (nSPS) is 18.1. The minimum atomic E-state index is -0.420. The molecule has 2 atom stereocenters. The smallest absolute Gasteiger partial charge is 0.163 e. The van der Waals surface area contributed by atoms with Crippen molar-refractivity contribution in [2.24, 2.45) is 0 Å². The van der Waals surface area contributed by atoms with Crippen LogP contribution in [-0.4, -0.2) is 38.7 Å². The molecule has 5 nitrogen and oxygen atoms in total. The second-order valence-electron chi connectivity index (χ2n) is 7.18. The highest BCUT2D eigenvalue weighted by Gasteiger charge is 2.28. The third-order valence-electron chi connectivity index (χ3n) is 5.17. The van der Waals surface area contributed by atoms with E-state index in [1.54, 1.807) is 12.4 Å².